The maximum absolute atomic E-state index is 5.47. The summed E-state index contributed by atoms with van der Waals surface area (Å²) in [6, 6.07) is 25.0. The Morgan fingerprint density at radius 1 is 0.941 bits per heavy atom. The van der Waals surface area contributed by atoms with E-state index in [2.05, 4.69) is 110 Å². The molecular formula is C30H35N3O. The van der Waals surface area contributed by atoms with Crippen LogP contribution < -0.4 is 5.32 Å². The smallest absolute Gasteiger partial charge is 0.232 e. The quantitative estimate of drug-likeness (QED) is 0.339. The third-order valence-corrected chi connectivity index (χ3v) is 7.16. The van der Waals surface area contributed by atoms with Crippen molar-refractivity contribution in [2.75, 3.05) is 0 Å². The van der Waals surface area contributed by atoms with E-state index in [0.717, 1.165) is 5.56 Å². The fraction of sp³-hybridized carbons (Fsp3) is 0.400. The molecule has 0 spiro atoms. The van der Waals surface area contributed by atoms with E-state index in [1.807, 2.05) is 0 Å². The van der Waals surface area contributed by atoms with Gasteiger partial charge in [0.2, 0.25) is 11.7 Å². The van der Waals surface area contributed by atoms with E-state index >= 15 is 0 Å². The molecule has 1 fully saturated rings. The molecule has 1 aromatic heterocycles. The largest absolute Gasteiger partial charge is 0.338 e. The minimum atomic E-state index is -0.140. The number of benzene rings is 3. The lowest BCUT2D eigenvalue weighted by Gasteiger charge is -2.32. The molecule has 0 amide bonds. The van der Waals surface area contributed by atoms with Gasteiger partial charge in [-0.05, 0) is 54.0 Å². The lowest BCUT2D eigenvalue weighted by Crippen LogP contribution is -2.35. The van der Waals surface area contributed by atoms with Crippen molar-refractivity contribution >= 4 is 10.8 Å². The number of fused-ring (bicyclic) bond motifs is 1. The summed E-state index contributed by atoms with van der Waals surface area (Å²) >= 11 is 0. The van der Waals surface area contributed by atoms with Gasteiger partial charge in [0.15, 0.2) is 0 Å². The molecule has 1 N–H and O–H groups in total. The number of hydrogen-bond acceptors (Lipinski definition) is 4. The van der Waals surface area contributed by atoms with E-state index in [1.54, 1.807) is 0 Å². The summed E-state index contributed by atoms with van der Waals surface area (Å²) in [5.41, 5.74) is 3.67. The lowest BCUT2D eigenvalue weighted by atomic mass is 9.80. The van der Waals surface area contributed by atoms with Crippen molar-refractivity contribution in [3.05, 3.63) is 83.7 Å². The number of hydrogen-bond donors (Lipinski definition) is 1. The highest BCUT2D eigenvalue weighted by Gasteiger charge is 2.26. The van der Waals surface area contributed by atoms with Crippen molar-refractivity contribution in [3.63, 3.8) is 0 Å². The highest BCUT2D eigenvalue weighted by atomic mass is 16.5. The second kappa shape index (κ2) is 9.34. The molecule has 1 aliphatic carbocycles. The molecule has 4 heteroatoms. The molecule has 0 bridgehead atoms. The zero-order chi connectivity index (χ0) is 23.7. The van der Waals surface area contributed by atoms with E-state index in [9.17, 15) is 0 Å². The molecule has 3 atom stereocenters. The first-order valence-electron chi connectivity index (χ1n) is 12.6. The Morgan fingerprint density at radius 3 is 2.47 bits per heavy atom. The van der Waals surface area contributed by atoms with E-state index in [1.165, 1.54) is 47.6 Å². The molecule has 0 radical (unpaired) electrons. The minimum Gasteiger partial charge on any atom is -0.338 e. The van der Waals surface area contributed by atoms with Gasteiger partial charge in [-0.2, -0.15) is 4.98 Å². The Labute approximate surface area is 202 Å². The Hall–Kier alpha value is -2.98. The molecule has 1 saturated carbocycles. The Bertz CT molecular complexity index is 1250. The van der Waals surface area contributed by atoms with E-state index < -0.39 is 0 Å². The lowest BCUT2D eigenvalue weighted by molar-refractivity contribution is 0.319. The van der Waals surface area contributed by atoms with Gasteiger partial charge in [0, 0.05) is 23.1 Å². The SMILES string of the molecule is C[C@@H](NC1CCC[C@H](c2ccc(-c3noc(C(C)(C)C)n3)cc2)C1)c1cccc2ccccc12. The van der Waals surface area contributed by atoms with Crippen LogP contribution in [0.5, 0.6) is 0 Å². The Kier molecular flexibility index (Phi) is 6.26. The molecule has 5 rings (SSSR count). The maximum Gasteiger partial charge on any atom is 0.232 e. The first-order valence-corrected chi connectivity index (χ1v) is 12.6. The van der Waals surface area contributed by atoms with E-state index in [4.69, 9.17) is 4.52 Å². The standard InChI is InChI=1S/C30H35N3O/c1-20(26-14-8-10-22-9-5-6-13-27(22)26)31-25-12-7-11-24(19-25)21-15-17-23(18-16-21)28-32-29(34-33-28)30(2,3)4/h5-6,8-10,13-18,20,24-25,31H,7,11-12,19H2,1-4H3/t20-,24+,25?/m1/s1. The molecule has 34 heavy (non-hydrogen) atoms. The monoisotopic (exact) mass is 453 g/mol. The third-order valence-electron chi connectivity index (χ3n) is 7.16. The Morgan fingerprint density at radius 2 is 1.71 bits per heavy atom. The van der Waals surface area contributed by atoms with Crippen LogP contribution in [0, 0.1) is 0 Å². The predicted octanol–water partition coefficient (Wildman–Crippen LogP) is 7.56. The second-order valence-electron chi connectivity index (χ2n) is 10.8. The van der Waals surface area contributed by atoms with Crippen LogP contribution in [0.1, 0.15) is 82.4 Å². The Balaban J connectivity index is 1.26. The fourth-order valence-electron chi connectivity index (χ4n) is 5.27. The van der Waals surface area contributed by atoms with E-state index in [0.29, 0.717) is 29.7 Å². The van der Waals surface area contributed by atoms with Crippen LogP contribution in [0.25, 0.3) is 22.2 Å². The summed E-state index contributed by atoms with van der Waals surface area (Å²) < 4.78 is 5.47. The fourth-order valence-corrected chi connectivity index (χ4v) is 5.27. The number of aromatic nitrogens is 2. The summed E-state index contributed by atoms with van der Waals surface area (Å²) in [4.78, 5) is 4.60. The molecular weight excluding hydrogens is 418 g/mol. The van der Waals surface area contributed by atoms with Crippen LogP contribution in [0.2, 0.25) is 0 Å². The van der Waals surface area contributed by atoms with Gasteiger partial charge < -0.3 is 9.84 Å². The average Bonchev–Trinajstić information content (AvgIpc) is 3.35. The topological polar surface area (TPSA) is 51.0 Å². The van der Waals surface area contributed by atoms with Gasteiger partial charge in [0.25, 0.3) is 0 Å². The molecule has 0 saturated heterocycles. The predicted molar refractivity (Wildman–Crippen MR) is 139 cm³/mol. The van der Waals surface area contributed by atoms with Crippen LogP contribution in [-0.2, 0) is 5.41 Å². The summed E-state index contributed by atoms with van der Waals surface area (Å²) in [5.74, 6) is 1.92. The molecule has 4 aromatic rings. The van der Waals surface area contributed by atoms with Crippen LogP contribution in [0.15, 0.2) is 71.3 Å². The van der Waals surface area contributed by atoms with Gasteiger partial charge in [-0.15, -0.1) is 0 Å². The number of rotatable bonds is 5. The molecule has 4 nitrogen and oxygen atoms in total. The van der Waals surface area contributed by atoms with Crippen molar-refractivity contribution in [1.29, 1.82) is 0 Å². The molecule has 1 aliphatic rings. The highest BCUT2D eigenvalue weighted by molar-refractivity contribution is 5.86. The first-order chi connectivity index (χ1) is 16.4. The highest BCUT2D eigenvalue weighted by Crippen LogP contribution is 2.35. The molecule has 176 valence electrons. The van der Waals surface area contributed by atoms with Crippen LogP contribution >= 0.6 is 0 Å². The normalized spacial score (nSPS) is 19.9. The van der Waals surface area contributed by atoms with Crippen molar-refractivity contribution in [2.45, 2.75) is 76.8 Å². The zero-order valence-electron chi connectivity index (χ0n) is 20.7. The molecule has 0 aliphatic heterocycles. The van der Waals surface area contributed by atoms with Crippen molar-refractivity contribution in [2.24, 2.45) is 0 Å². The van der Waals surface area contributed by atoms with Crippen LogP contribution in [0.4, 0.5) is 0 Å². The second-order valence-corrected chi connectivity index (χ2v) is 10.8. The average molecular weight is 454 g/mol. The first kappa shape index (κ1) is 22.8. The van der Waals surface area contributed by atoms with Gasteiger partial charge in [-0.1, -0.05) is 99.1 Å². The van der Waals surface area contributed by atoms with Crippen LogP contribution in [-0.4, -0.2) is 16.2 Å². The summed E-state index contributed by atoms with van der Waals surface area (Å²) in [6.07, 6.45) is 4.91. The van der Waals surface area contributed by atoms with E-state index in [-0.39, 0.29) is 5.41 Å². The number of nitrogens with zero attached hydrogens (tertiary/aromatic N) is 2. The van der Waals surface area contributed by atoms with Gasteiger partial charge in [-0.3, -0.25) is 0 Å². The third kappa shape index (κ3) is 4.78. The molecule has 1 unspecified atom stereocenters. The minimum absolute atomic E-state index is 0.140. The number of nitrogens with one attached hydrogen (secondary N) is 1. The van der Waals surface area contributed by atoms with Crippen LogP contribution in [0.3, 0.4) is 0 Å². The van der Waals surface area contributed by atoms with Gasteiger partial charge in [0.05, 0.1) is 0 Å². The maximum atomic E-state index is 5.47. The molecule has 3 aromatic carbocycles. The van der Waals surface area contributed by atoms with Crippen molar-refractivity contribution < 1.29 is 4.52 Å². The van der Waals surface area contributed by atoms with Crippen molar-refractivity contribution in [1.82, 2.24) is 15.5 Å². The van der Waals surface area contributed by atoms with Gasteiger partial charge >= 0.3 is 0 Å². The molecule has 1 heterocycles. The zero-order valence-corrected chi connectivity index (χ0v) is 20.7. The summed E-state index contributed by atoms with van der Waals surface area (Å²) in [6.45, 7) is 8.56. The van der Waals surface area contributed by atoms with Gasteiger partial charge in [-0.25, -0.2) is 0 Å². The van der Waals surface area contributed by atoms with Gasteiger partial charge in [0.1, 0.15) is 0 Å². The van der Waals surface area contributed by atoms with Crippen molar-refractivity contribution in [3.8, 4) is 11.4 Å². The summed E-state index contributed by atoms with van der Waals surface area (Å²) in [7, 11) is 0. The summed E-state index contributed by atoms with van der Waals surface area (Å²) in [5, 5.41) is 10.8.